The van der Waals surface area contributed by atoms with Crippen LogP contribution in [-0.2, 0) is 6.42 Å². The molecule has 2 aromatic carbocycles. The third-order valence-corrected chi connectivity index (χ3v) is 4.74. The molecule has 0 amide bonds. The Hall–Kier alpha value is -2.60. The highest BCUT2D eigenvalue weighted by atomic mass is 32.1. The minimum atomic E-state index is 0.419. The number of nitrogens with one attached hydrogen (secondary N) is 2. The van der Waals surface area contributed by atoms with Crippen molar-refractivity contribution in [1.82, 2.24) is 5.43 Å². The quantitative estimate of drug-likeness (QED) is 0.446. The molecule has 1 aliphatic heterocycles. The van der Waals surface area contributed by atoms with Crippen LogP contribution in [-0.4, -0.2) is 31.5 Å². The number of nitrogens with zero attached hydrogens (tertiary/aromatic N) is 2. The highest BCUT2D eigenvalue weighted by Crippen LogP contribution is 2.27. The minimum absolute atomic E-state index is 0.419. The number of hydrogen-bond acceptors (Lipinski definition) is 4. The van der Waals surface area contributed by atoms with Gasteiger partial charge in [0.25, 0.3) is 0 Å². The van der Waals surface area contributed by atoms with Crippen molar-refractivity contribution in [3.63, 3.8) is 0 Å². The van der Waals surface area contributed by atoms with Crippen LogP contribution < -0.4 is 20.4 Å². The SMILES string of the molecule is CCCN1CCCc2cc(/C=N/NC(=S)Nc3ccccc3OC)ccc21. The monoisotopic (exact) mass is 382 g/mol. The van der Waals surface area contributed by atoms with Gasteiger partial charge in [-0.15, -0.1) is 0 Å². The lowest BCUT2D eigenvalue weighted by Crippen LogP contribution is -2.30. The maximum atomic E-state index is 5.31. The van der Waals surface area contributed by atoms with Crippen molar-refractivity contribution in [1.29, 1.82) is 0 Å². The Bertz CT molecular complexity index is 822. The van der Waals surface area contributed by atoms with E-state index in [0.717, 1.165) is 36.5 Å². The highest BCUT2D eigenvalue weighted by Gasteiger charge is 2.15. The highest BCUT2D eigenvalue weighted by molar-refractivity contribution is 7.80. The molecule has 0 fully saturated rings. The molecule has 1 heterocycles. The maximum Gasteiger partial charge on any atom is 0.191 e. The summed E-state index contributed by atoms with van der Waals surface area (Å²) in [5.74, 6) is 0.733. The van der Waals surface area contributed by atoms with Gasteiger partial charge in [0.15, 0.2) is 5.11 Å². The van der Waals surface area contributed by atoms with Gasteiger partial charge in [-0.1, -0.05) is 25.1 Å². The summed E-state index contributed by atoms with van der Waals surface area (Å²) in [5.41, 5.74) is 7.50. The van der Waals surface area contributed by atoms with E-state index in [9.17, 15) is 0 Å². The van der Waals surface area contributed by atoms with E-state index in [-0.39, 0.29) is 0 Å². The number of methoxy groups -OCH3 is 1. The minimum Gasteiger partial charge on any atom is -0.495 e. The number of hydrogen-bond donors (Lipinski definition) is 2. The predicted molar refractivity (Wildman–Crippen MR) is 117 cm³/mol. The van der Waals surface area contributed by atoms with Crippen molar-refractivity contribution >= 4 is 34.9 Å². The molecule has 0 aliphatic carbocycles. The van der Waals surface area contributed by atoms with Crippen molar-refractivity contribution in [2.45, 2.75) is 26.2 Å². The van der Waals surface area contributed by atoms with Crippen LogP contribution in [0.4, 0.5) is 11.4 Å². The van der Waals surface area contributed by atoms with Crippen LogP contribution in [0.2, 0.25) is 0 Å². The Kier molecular flexibility index (Phi) is 6.65. The second-order valence-corrected chi connectivity index (χ2v) is 6.91. The van der Waals surface area contributed by atoms with Gasteiger partial charge in [0.1, 0.15) is 5.75 Å². The summed E-state index contributed by atoms with van der Waals surface area (Å²) in [4.78, 5) is 2.48. The summed E-state index contributed by atoms with van der Waals surface area (Å²) in [6.45, 7) is 4.49. The molecule has 0 saturated carbocycles. The molecular weight excluding hydrogens is 356 g/mol. The van der Waals surface area contributed by atoms with E-state index in [0.29, 0.717) is 5.11 Å². The summed E-state index contributed by atoms with van der Waals surface area (Å²) < 4.78 is 5.31. The Morgan fingerprint density at radius 3 is 2.96 bits per heavy atom. The van der Waals surface area contributed by atoms with Gasteiger partial charge in [0.05, 0.1) is 19.0 Å². The molecule has 0 aromatic heterocycles. The van der Waals surface area contributed by atoms with Crippen molar-refractivity contribution in [3.8, 4) is 5.75 Å². The molecule has 5 nitrogen and oxygen atoms in total. The number of hydrazone groups is 1. The van der Waals surface area contributed by atoms with Gasteiger partial charge in [-0.25, -0.2) is 0 Å². The van der Waals surface area contributed by atoms with E-state index >= 15 is 0 Å². The van der Waals surface area contributed by atoms with Gasteiger partial charge in [-0.05, 0) is 66.9 Å². The molecule has 2 aromatic rings. The summed E-state index contributed by atoms with van der Waals surface area (Å²) >= 11 is 5.30. The molecule has 0 radical (unpaired) electrons. The number of anilines is 2. The van der Waals surface area contributed by atoms with E-state index in [1.54, 1.807) is 13.3 Å². The first-order valence-electron chi connectivity index (χ1n) is 9.32. The summed E-state index contributed by atoms with van der Waals surface area (Å²) in [7, 11) is 1.63. The lowest BCUT2D eigenvalue weighted by Gasteiger charge is -2.31. The molecule has 0 saturated heterocycles. The molecular formula is C21H26N4OS. The van der Waals surface area contributed by atoms with Crippen molar-refractivity contribution in [2.75, 3.05) is 30.4 Å². The van der Waals surface area contributed by atoms with Crippen molar-refractivity contribution < 1.29 is 4.74 Å². The molecule has 0 spiro atoms. The third kappa shape index (κ3) is 4.98. The van der Waals surface area contributed by atoms with Crippen molar-refractivity contribution in [3.05, 3.63) is 53.6 Å². The van der Waals surface area contributed by atoms with E-state index in [1.165, 1.54) is 24.1 Å². The number of thiocarbonyl (C=S) groups is 1. The second-order valence-electron chi connectivity index (χ2n) is 6.50. The van der Waals surface area contributed by atoms with E-state index in [2.05, 4.69) is 45.9 Å². The third-order valence-electron chi connectivity index (χ3n) is 4.55. The summed E-state index contributed by atoms with van der Waals surface area (Å²) in [5, 5.41) is 7.78. The van der Waals surface area contributed by atoms with E-state index < -0.39 is 0 Å². The molecule has 3 rings (SSSR count). The average Bonchev–Trinajstić information content (AvgIpc) is 2.69. The van der Waals surface area contributed by atoms with Crippen LogP contribution in [0, 0.1) is 0 Å². The first-order chi connectivity index (χ1) is 13.2. The Labute approximate surface area is 166 Å². The Morgan fingerprint density at radius 2 is 2.15 bits per heavy atom. The first-order valence-corrected chi connectivity index (χ1v) is 9.73. The molecule has 2 N–H and O–H groups in total. The molecule has 0 atom stereocenters. The lowest BCUT2D eigenvalue weighted by molar-refractivity contribution is 0.417. The van der Waals surface area contributed by atoms with Gasteiger partial charge >= 0.3 is 0 Å². The molecule has 1 aliphatic rings. The van der Waals surface area contributed by atoms with Crippen LogP contribution in [0.1, 0.15) is 30.9 Å². The number of fused-ring (bicyclic) bond motifs is 1. The zero-order chi connectivity index (χ0) is 19.1. The van der Waals surface area contributed by atoms with Crippen LogP contribution in [0.25, 0.3) is 0 Å². The fourth-order valence-electron chi connectivity index (χ4n) is 3.34. The molecule has 142 valence electrons. The largest absolute Gasteiger partial charge is 0.495 e. The van der Waals surface area contributed by atoms with Crippen LogP contribution in [0.15, 0.2) is 47.6 Å². The number of ether oxygens (including phenoxy) is 1. The standard InChI is InChI=1S/C21H26N4OS/c1-3-12-25-13-6-7-17-14-16(10-11-19(17)25)15-22-24-21(27)23-18-8-4-5-9-20(18)26-2/h4-5,8-11,14-15H,3,6-7,12-13H2,1-2H3,(H2,23,24,27)/b22-15+. The van der Waals surface area contributed by atoms with Gasteiger partial charge in [-0.3, -0.25) is 5.43 Å². The number of para-hydroxylation sites is 2. The zero-order valence-electron chi connectivity index (χ0n) is 15.9. The van der Waals surface area contributed by atoms with Gasteiger partial charge < -0.3 is 15.0 Å². The molecule has 0 bridgehead atoms. The second kappa shape index (κ2) is 9.37. The fraction of sp³-hybridized carbons (Fsp3) is 0.333. The lowest BCUT2D eigenvalue weighted by atomic mass is 9.99. The fourth-order valence-corrected chi connectivity index (χ4v) is 3.50. The van der Waals surface area contributed by atoms with Crippen LogP contribution >= 0.6 is 12.2 Å². The van der Waals surface area contributed by atoms with Crippen molar-refractivity contribution in [2.24, 2.45) is 5.10 Å². The van der Waals surface area contributed by atoms with E-state index in [4.69, 9.17) is 17.0 Å². The number of aryl methyl sites for hydroxylation is 1. The Balaban J connectivity index is 1.60. The van der Waals surface area contributed by atoms with Crippen LogP contribution in [0.3, 0.4) is 0 Å². The van der Waals surface area contributed by atoms with Gasteiger partial charge in [0.2, 0.25) is 0 Å². The number of benzene rings is 2. The molecule has 6 heteroatoms. The van der Waals surface area contributed by atoms with E-state index in [1.807, 2.05) is 24.3 Å². The molecule has 0 unspecified atom stereocenters. The summed E-state index contributed by atoms with van der Waals surface area (Å²) in [6, 6.07) is 14.2. The van der Waals surface area contributed by atoms with Crippen LogP contribution in [0.5, 0.6) is 5.75 Å². The predicted octanol–water partition coefficient (Wildman–Crippen LogP) is 4.18. The first kappa shape index (κ1) is 19.2. The maximum absolute atomic E-state index is 5.31. The average molecular weight is 383 g/mol. The normalized spacial score (nSPS) is 13.3. The smallest absolute Gasteiger partial charge is 0.191 e. The Morgan fingerprint density at radius 1 is 1.30 bits per heavy atom. The van der Waals surface area contributed by atoms with Gasteiger partial charge in [-0.2, -0.15) is 5.10 Å². The number of rotatable bonds is 6. The molecule has 27 heavy (non-hydrogen) atoms. The summed E-state index contributed by atoms with van der Waals surface area (Å²) in [6.07, 6.45) is 5.30. The van der Waals surface area contributed by atoms with Gasteiger partial charge in [0, 0.05) is 18.8 Å². The zero-order valence-corrected chi connectivity index (χ0v) is 16.7. The topological polar surface area (TPSA) is 48.9 Å².